The van der Waals surface area contributed by atoms with Crippen molar-refractivity contribution in [2.24, 2.45) is 17.6 Å². The molecule has 0 aliphatic heterocycles. The maximum Gasteiger partial charge on any atom is 0.321 e. The number of nitrogens with zero attached hydrogens (tertiary/aromatic N) is 4. The van der Waals surface area contributed by atoms with E-state index in [-0.39, 0.29) is 30.6 Å². The van der Waals surface area contributed by atoms with Gasteiger partial charge in [-0.2, -0.15) is 0 Å². The molecule has 2 aliphatic carbocycles. The lowest BCUT2D eigenvalue weighted by Gasteiger charge is -2.37. The lowest BCUT2D eigenvalue weighted by Crippen LogP contribution is -2.42. The molecule has 2 heterocycles. The predicted octanol–water partition coefficient (Wildman–Crippen LogP) is 7.55. The summed E-state index contributed by atoms with van der Waals surface area (Å²) < 4.78 is 2.10. The molecule has 10 heteroatoms. The molecule has 2 aliphatic rings. The number of hydrogen-bond donors (Lipinski definition) is 4. The van der Waals surface area contributed by atoms with Crippen LogP contribution in [0.5, 0.6) is 0 Å². The Bertz CT molecular complexity index is 2150. The first-order chi connectivity index (χ1) is 27.3. The summed E-state index contributed by atoms with van der Waals surface area (Å²) in [7, 11) is 0. The van der Waals surface area contributed by atoms with Gasteiger partial charge in [-0.3, -0.25) is 9.69 Å². The lowest BCUT2D eigenvalue weighted by atomic mass is 9.77. The van der Waals surface area contributed by atoms with E-state index >= 15 is 0 Å². The number of benzene rings is 4. The zero-order valence-corrected chi connectivity index (χ0v) is 31.6. The van der Waals surface area contributed by atoms with Gasteiger partial charge in [-0.05, 0) is 59.4 Å². The molecule has 8 rings (SSSR count). The van der Waals surface area contributed by atoms with Gasteiger partial charge in [-0.1, -0.05) is 135 Å². The van der Waals surface area contributed by atoms with Crippen LogP contribution in [-0.4, -0.2) is 65.3 Å². The summed E-state index contributed by atoms with van der Waals surface area (Å²) in [6.07, 6.45) is 10.6. The van der Waals surface area contributed by atoms with E-state index < -0.39 is 29.7 Å². The fraction of sp³-hybridized carbons (Fsp3) is 0.348. The van der Waals surface area contributed by atoms with Gasteiger partial charge >= 0.3 is 6.03 Å². The summed E-state index contributed by atoms with van der Waals surface area (Å²) in [4.78, 5) is 40.6. The van der Waals surface area contributed by atoms with Gasteiger partial charge in [0.05, 0.1) is 35.3 Å². The van der Waals surface area contributed by atoms with E-state index in [1.165, 1.54) is 19.3 Å². The first kappa shape index (κ1) is 37.3. The number of H-pyrrole nitrogens is 1. The Kier molecular flexibility index (Phi) is 10.8. The highest BCUT2D eigenvalue weighted by atomic mass is 16.3. The third-order valence-electron chi connectivity index (χ3n) is 12.0. The maximum atomic E-state index is 14.1. The second kappa shape index (κ2) is 16.3. The summed E-state index contributed by atoms with van der Waals surface area (Å²) in [5.41, 5.74) is 10.9. The van der Waals surface area contributed by atoms with Gasteiger partial charge < -0.3 is 25.5 Å². The fourth-order valence-electron chi connectivity index (χ4n) is 8.97. The number of hydrogen-bond acceptors (Lipinski definition) is 6. The molecule has 0 spiro atoms. The Hall–Kier alpha value is -5.58. The molecule has 2 aromatic heterocycles. The largest absolute Gasteiger partial charge is 0.390 e. The third-order valence-corrected chi connectivity index (χ3v) is 12.0. The van der Waals surface area contributed by atoms with Crippen LogP contribution in [0.3, 0.4) is 0 Å². The van der Waals surface area contributed by atoms with E-state index in [2.05, 4.69) is 45.9 Å². The van der Waals surface area contributed by atoms with E-state index in [4.69, 9.17) is 15.7 Å². The molecule has 288 valence electrons. The standard InChI is InChI=1S/C46H50N6O4/c47-45(56)52(27-26-36-29-51(30-48-36)46(33-16-7-2-8-17-33,34-18-9-3-10-19-34)35-20-11-4-12-21-35)44(55)43-49-39-23-13-22-37(40(39)50-43)38(28-31-14-5-1-6-15-31)42(54)41(53)32-24-25-32/h2-4,7-13,16-23,29-32,38,41-42,53-54H,1,5-6,14-15,24-28H2,(H2,47,56)(H,49,50)/t38-,41-,42+/m0/s1. The van der Waals surface area contributed by atoms with Crippen LogP contribution in [0, 0.1) is 11.8 Å². The highest BCUT2D eigenvalue weighted by Crippen LogP contribution is 2.43. The average molecular weight is 751 g/mol. The van der Waals surface area contributed by atoms with Gasteiger partial charge in [-0.25, -0.2) is 14.8 Å². The van der Waals surface area contributed by atoms with Gasteiger partial charge in [0.15, 0.2) is 5.82 Å². The molecule has 3 atom stereocenters. The third kappa shape index (κ3) is 7.39. The predicted molar refractivity (Wildman–Crippen MR) is 216 cm³/mol. The van der Waals surface area contributed by atoms with Crippen molar-refractivity contribution in [3.05, 3.63) is 155 Å². The summed E-state index contributed by atoms with van der Waals surface area (Å²) in [5.74, 6) is -0.454. The number of para-hydroxylation sites is 1. The van der Waals surface area contributed by atoms with E-state index in [0.717, 1.165) is 59.3 Å². The SMILES string of the molecule is NC(=O)N(CCc1cn(C(c2ccccc2)(c2ccccc2)c2ccccc2)cn1)C(=O)c1nc2c([C@H](CC3CCCCC3)[C@@H](O)[C@@H](O)C3CC3)cccc2[nH]1. The molecule has 6 aromatic rings. The monoisotopic (exact) mass is 750 g/mol. The number of imide groups is 1. The minimum absolute atomic E-state index is 0.0123. The summed E-state index contributed by atoms with van der Waals surface area (Å²) in [6.45, 7) is -0.0132. The Labute approximate surface area is 327 Å². The van der Waals surface area contributed by atoms with Crippen molar-refractivity contribution < 1.29 is 19.8 Å². The molecule has 0 bridgehead atoms. The van der Waals surface area contributed by atoms with Crippen molar-refractivity contribution in [2.75, 3.05) is 6.54 Å². The second-order valence-corrected chi connectivity index (χ2v) is 15.6. The van der Waals surface area contributed by atoms with E-state index in [1.54, 1.807) is 6.33 Å². The average Bonchev–Trinajstić information content (AvgIpc) is 3.82. The number of carbonyl (C=O) groups excluding carboxylic acids is 2. The minimum atomic E-state index is -0.947. The zero-order chi connectivity index (χ0) is 38.6. The molecule has 10 nitrogen and oxygen atoms in total. The molecular weight excluding hydrogens is 701 g/mol. The van der Waals surface area contributed by atoms with Crippen LogP contribution in [0.25, 0.3) is 11.0 Å². The normalized spacial score (nSPS) is 16.7. The van der Waals surface area contributed by atoms with E-state index in [9.17, 15) is 19.8 Å². The van der Waals surface area contributed by atoms with Crippen LogP contribution in [0.15, 0.2) is 122 Å². The molecule has 0 unspecified atom stereocenters. The first-order valence-electron chi connectivity index (χ1n) is 20.0. The van der Waals surface area contributed by atoms with Gasteiger partial charge in [-0.15, -0.1) is 0 Å². The number of nitrogens with one attached hydrogen (secondary N) is 1. The quantitative estimate of drug-likeness (QED) is 0.0845. The number of fused-ring (bicyclic) bond motifs is 1. The van der Waals surface area contributed by atoms with Crippen molar-refractivity contribution >= 4 is 23.0 Å². The number of carbonyl (C=O) groups is 2. The molecule has 4 aromatic carbocycles. The number of amides is 3. The topological polar surface area (TPSA) is 150 Å². The fourth-order valence-corrected chi connectivity index (χ4v) is 8.97. The lowest BCUT2D eigenvalue weighted by molar-refractivity contribution is -0.0150. The molecule has 2 saturated carbocycles. The molecule has 0 saturated heterocycles. The molecule has 2 fully saturated rings. The van der Waals surface area contributed by atoms with Gasteiger partial charge in [0.25, 0.3) is 5.91 Å². The number of rotatable bonds is 14. The highest BCUT2D eigenvalue weighted by Gasteiger charge is 2.41. The van der Waals surface area contributed by atoms with Crippen LogP contribution in [0.4, 0.5) is 4.79 Å². The van der Waals surface area contributed by atoms with Crippen molar-refractivity contribution in [3.63, 3.8) is 0 Å². The summed E-state index contributed by atoms with van der Waals surface area (Å²) in [6, 6.07) is 35.6. The molecule has 3 amide bonds. The van der Waals surface area contributed by atoms with Crippen molar-refractivity contribution in [2.45, 2.75) is 81.5 Å². The molecule has 0 radical (unpaired) electrons. The summed E-state index contributed by atoms with van der Waals surface area (Å²) in [5, 5.41) is 22.7. The smallest absolute Gasteiger partial charge is 0.321 e. The second-order valence-electron chi connectivity index (χ2n) is 15.6. The number of aliphatic hydroxyl groups is 2. The number of primary amides is 1. The van der Waals surface area contributed by atoms with Crippen LogP contribution < -0.4 is 5.73 Å². The minimum Gasteiger partial charge on any atom is -0.390 e. The Morgan fingerprint density at radius 3 is 2.00 bits per heavy atom. The number of urea groups is 1. The van der Waals surface area contributed by atoms with Crippen molar-refractivity contribution in [1.29, 1.82) is 0 Å². The van der Waals surface area contributed by atoms with Crippen molar-refractivity contribution in [3.8, 4) is 0 Å². The Balaban J connectivity index is 1.08. The number of aliphatic hydroxyl groups excluding tert-OH is 2. The van der Waals surface area contributed by atoms with Crippen LogP contribution in [-0.2, 0) is 12.0 Å². The Morgan fingerprint density at radius 2 is 1.43 bits per heavy atom. The molecule has 5 N–H and O–H groups in total. The number of imidazole rings is 2. The highest BCUT2D eigenvalue weighted by molar-refractivity contribution is 6.03. The molecule has 56 heavy (non-hydrogen) atoms. The Morgan fingerprint density at radius 1 is 0.821 bits per heavy atom. The van der Waals surface area contributed by atoms with E-state index in [0.29, 0.717) is 22.6 Å². The van der Waals surface area contributed by atoms with Crippen molar-refractivity contribution in [1.82, 2.24) is 24.4 Å². The molecular formula is C46H50N6O4. The van der Waals surface area contributed by atoms with Gasteiger partial charge in [0.2, 0.25) is 0 Å². The summed E-state index contributed by atoms with van der Waals surface area (Å²) >= 11 is 0. The van der Waals surface area contributed by atoms with Gasteiger partial charge in [0, 0.05) is 25.1 Å². The zero-order valence-electron chi connectivity index (χ0n) is 31.6. The first-order valence-corrected chi connectivity index (χ1v) is 20.0. The number of aromatic nitrogens is 4. The van der Waals surface area contributed by atoms with Crippen LogP contribution in [0.2, 0.25) is 0 Å². The number of aromatic amines is 1. The number of nitrogens with two attached hydrogens (primary N) is 1. The van der Waals surface area contributed by atoms with Crippen LogP contribution in [0.1, 0.15) is 95.9 Å². The van der Waals surface area contributed by atoms with Gasteiger partial charge in [0.1, 0.15) is 5.54 Å². The maximum absolute atomic E-state index is 14.1. The van der Waals surface area contributed by atoms with Crippen LogP contribution >= 0.6 is 0 Å². The van der Waals surface area contributed by atoms with E-state index in [1.807, 2.05) is 79.0 Å².